The van der Waals surface area contributed by atoms with Gasteiger partial charge in [0.15, 0.2) is 0 Å². The van der Waals surface area contributed by atoms with Crippen molar-refractivity contribution >= 4 is 39.1 Å². The summed E-state index contributed by atoms with van der Waals surface area (Å²) in [4.78, 5) is 30.0. The molecule has 1 N–H and O–H groups in total. The van der Waals surface area contributed by atoms with E-state index in [0.717, 1.165) is 15.4 Å². The van der Waals surface area contributed by atoms with Crippen molar-refractivity contribution in [2.24, 2.45) is 0 Å². The first-order chi connectivity index (χ1) is 22.0. The van der Waals surface area contributed by atoms with Gasteiger partial charge in [-0.05, 0) is 79.4 Å². The molecule has 0 heterocycles. The van der Waals surface area contributed by atoms with E-state index in [1.165, 1.54) is 29.2 Å². The minimum atomic E-state index is -4.23. The molecule has 0 radical (unpaired) electrons. The first-order valence-corrected chi connectivity index (χ1v) is 17.0. The molecule has 242 valence electrons. The Hall–Kier alpha value is -4.34. The number of rotatable bonds is 14. The molecule has 2 amide bonds. The standard InChI is InChI=1S/C36H40ClN3O5S/c1-5-27(3)38-36(42)34(23-28-13-7-6-8-14-28)39(24-29-15-11-16-31(22-29)45-4)35(41)25-40(33-17-10-9-12-26(33)2)46(43,44)32-20-18-30(37)19-21-32/h6-22,27,34H,5,23-25H2,1-4H3,(H,38,42). The molecule has 0 saturated carbocycles. The number of sulfonamides is 1. The maximum atomic E-state index is 14.6. The van der Waals surface area contributed by atoms with Crippen molar-refractivity contribution in [2.75, 3.05) is 18.0 Å². The first-order valence-electron chi connectivity index (χ1n) is 15.1. The Bertz CT molecular complexity index is 1730. The van der Waals surface area contributed by atoms with Crippen molar-refractivity contribution in [3.8, 4) is 5.75 Å². The van der Waals surface area contributed by atoms with Crippen LogP contribution in [0.25, 0.3) is 0 Å². The van der Waals surface area contributed by atoms with Crippen LogP contribution in [0.5, 0.6) is 5.75 Å². The number of hydrogen-bond donors (Lipinski definition) is 1. The molecule has 0 spiro atoms. The van der Waals surface area contributed by atoms with E-state index in [1.54, 1.807) is 50.4 Å². The fourth-order valence-corrected chi connectivity index (χ4v) is 6.66. The Kier molecular flexibility index (Phi) is 11.8. The van der Waals surface area contributed by atoms with Gasteiger partial charge in [0.05, 0.1) is 17.7 Å². The Morgan fingerprint density at radius 1 is 0.891 bits per heavy atom. The van der Waals surface area contributed by atoms with Gasteiger partial charge in [0, 0.05) is 24.0 Å². The largest absolute Gasteiger partial charge is 0.497 e. The highest BCUT2D eigenvalue weighted by molar-refractivity contribution is 7.92. The topological polar surface area (TPSA) is 96.0 Å². The molecule has 2 unspecified atom stereocenters. The Balaban J connectivity index is 1.83. The van der Waals surface area contributed by atoms with E-state index >= 15 is 0 Å². The number of nitrogens with one attached hydrogen (secondary N) is 1. The molecular weight excluding hydrogens is 622 g/mol. The number of aryl methyl sites for hydroxylation is 1. The Labute approximate surface area is 277 Å². The molecule has 4 rings (SSSR count). The molecule has 0 aliphatic rings. The van der Waals surface area contributed by atoms with Crippen molar-refractivity contribution < 1.29 is 22.7 Å². The summed E-state index contributed by atoms with van der Waals surface area (Å²) in [5.41, 5.74) is 2.61. The molecule has 4 aromatic rings. The Morgan fingerprint density at radius 3 is 2.20 bits per heavy atom. The normalized spacial score (nSPS) is 12.5. The highest BCUT2D eigenvalue weighted by Crippen LogP contribution is 2.28. The summed E-state index contributed by atoms with van der Waals surface area (Å²) in [5.74, 6) is -0.262. The molecule has 0 saturated heterocycles. The number of para-hydroxylation sites is 1. The van der Waals surface area contributed by atoms with E-state index in [-0.39, 0.29) is 29.8 Å². The number of anilines is 1. The monoisotopic (exact) mass is 661 g/mol. The quantitative estimate of drug-likeness (QED) is 0.169. The van der Waals surface area contributed by atoms with Crippen LogP contribution < -0.4 is 14.4 Å². The summed E-state index contributed by atoms with van der Waals surface area (Å²) in [5, 5.41) is 3.43. The second-order valence-corrected chi connectivity index (χ2v) is 13.4. The lowest BCUT2D eigenvalue weighted by molar-refractivity contribution is -0.140. The highest BCUT2D eigenvalue weighted by Gasteiger charge is 2.35. The summed E-state index contributed by atoms with van der Waals surface area (Å²) >= 11 is 6.07. The predicted molar refractivity (Wildman–Crippen MR) is 183 cm³/mol. The lowest BCUT2D eigenvalue weighted by Crippen LogP contribution is -2.54. The lowest BCUT2D eigenvalue weighted by Gasteiger charge is -2.34. The van der Waals surface area contributed by atoms with Crippen LogP contribution in [-0.4, -0.2) is 50.9 Å². The number of ether oxygens (including phenoxy) is 1. The zero-order valence-corrected chi connectivity index (χ0v) is 28.1. The van der Waals surface area contributed by atoms with Crippen LogP contribution in [0, 0.1) is 6.92 Å². The zero-order chi connectivity index (χ0) is 33.3. The van der Waals surface area contributed by atoms with Crippen LogP contribution >= 0.6 is 11.6 Å². The van der Waals surface area contributed by atoms with E-state index in [1.807, 2.05) is 56.3 Å². The predicted octanol–water partition coefficient (Wildman–Crippen LogP) is 6.41. The third-order valence-electron chi connectivity index (χ3n) is 7.82. The van der Waals surface area contributed by atoms with E-state index in [0.29, 0.717) is 28.4 Å². The van der Waals surface area contributed by atoms with Gasteiger partial charge in [0.1, 0.15) is 18.3 Å². The van der Waals surface area contributed by atoms with Crippen LogP contribution in [0.4, 0.5) is 5.69 Å². The average molecular weight is 662 g/mol. The second kappa shape index (κ2) is 15.8. The second-order valence-electron chi connectivity index (χ2n) is 11.1. The summed E-state index contributed by atoms with van der Waals surface area (Å²) < 4.78 is 34.9. The Morgan fingerprint density at radius 2 is 1.54 bits per heavy atom. The van der Waals surface area contributed by atoms with E-state index in [4.69, 9.17) is 16.3 Å². The van der Waals surface area contributed by atoms with Gasteiger partial charge in [-0.2, -0.15) is 0 Å². The van der Waals surface area contributed by atoms with Crippen molar-refractivity contribution in [2.45, 2.75) is 57.1 Å². The summed E-state index contributed by atoms with van der Waals surface area (Å²) in [6.07, 6.45) is 0.932. The number of hydrogen-bond acceptors (Lipinski definition) is 5. The fourth-order valence-electron chi connectivity index (χ4n) is 5.05. The molecule has 8 nitrogen and oxygen atoms in total. The minimum Gasteiger partial charge on any atom is -0.497 e. The lowest BCUT2D eigenvalue weighted by atomic mass is 10.0. The van der Waals surface area contributed by atoms with Crippen LogP contribution in [0.15, 0.2) is 108 Å². The van der Waals surface area contributed by atoms with Crippen LogP contribution in [0.1, 0.15) is 37.0 Å². The van der Waals surface area contributed by atoms with Gasteiger partial charge >= 0.3 is 0 Å². The van der Waals surface area contributed by atoms with Crippen molar-refractivity contribution in [1.82, 2.24) is 10.2 Å². The molecule has 0 bridgehead atoms. The average Bonchev–Trinajstić information content (AvgIpc) is 3.06. The van der Waals surface area contributed by atoms with Gasteiger partial charge in [0.25, 0.3) is 10.0 Å². The zero-order valence-electron chi connectivity index (χ0n) is 26.5. The van der Waals surface area contributed by atoms with Crippen LogP contribution in [0.3, 0.4) is 0 Å². The van der Waals surface area contributed by atoms with Gasteiger partial charge in [-0.3, -0.25) is 13.9 Å². The summed E-state index contributed by atoms with van der Waals surface area (Å²) in [7, 11) is -2.67. The molecular formula is C36H40ClN3O5S. The smallest absolute Gasteiger partial charge is 0.264 e. The first kappa shape index (κ1) is 34.5. The molecule has 10 heteroatoms. The van der Waals surface area contributed by atoms with Crippen LogP contribution in [0.2, 0.25) is 5.02 Å². The van der Waals surface area contributed by atoms with E-state index in [2.05, 4.69) is 5.32 Å². The number of methoxy groups -OCH3 is 1. The van der Waals surface area contributed by atoms with Gasteiger partial charge < -0.3 is 15.0 Å². The number of amides is 2. The van der Waals surface area contributed by atoms with Crippen molar-refractivity contribution in [1.29, 1.82) is 0 Å². The third-order valence-corrected chi connectivity index (χ3v) is 9.85. The summed E-state index contributed by atoms with van der Waals surface area (Å²) in [6.45, 7) is 5.17. The number of carbonyl (C=O) groups excluding carboxylic acids is 2. The molecule has 0 aliphatic heterocycles. The number of halogens is 1. The molecule has 46 heavy (non-hydrogen) atoms. The number of carbonyl (C=O) groups is 2. The minimum absolute atomic E-state index is 0.0114. The van der Waals surface area contributed by atoms with Gasteiger partial charge in [0.2, 0.25) is 11.8 Å². The molecule has 4 aromatic carbocycles. The number of benzene rings is 4. The SMILES string of the molecule is CCC(C)NC(=O)C(Cc1ccccc1)N(Cc1cccc(OC)c1)C(=O)CN(c1ccccc1C)S(=O)(=O)c1ccc(Cl)cc1. The van der Waals surface area contributed by atoms with Gasteiger partial charge in [-0.15, -0.1) is 0 Å². The number of nitrogens with zero attached hydrogens (tertiary/aromatic N) is 2. The molecule has 0 aromatic heterocycles. The fraction of sp³-hybridized carbons (Fsp3) is 0.278. The van der Waals surface area contributed by atoms with E-state index < -0.39 is 28.5 Å². The molecule has 0 fully saturated rings. The molecule has 2 atom stereocenters. The van der Waals surface area contributed by atoms with E-state index in [9.17, 15) is 18.0 Å². The third kappa shape index (κ3) is 8.68. The van der Waals surface area contributed by atoms with Gasteiger partial charge in [-0.25, -0.2) is 8.42 Å². The summed E-state index contributed by atoms with van der Waals surface area (Å²) in [6, 6.07) is 28.5. The van der Waals surface area contributed by atoms with Crippen LogP contribution in [-0.2, 0) is 32.6 Å². The van der Waals surface area contributed by atoms with Crippen molar-refractivity contribution in [3.63, 3.8) is 0 Å². The van der Waals surface area contributed by atoms with Crippen molar-refractivity contribution in [3.05, 3.63) is 125 Å². The highest BCUT2D eigenvalue weighted by atomic mass is 35.5. The maximum Gasteiger partial charge on any atom is 0.264 e. The maximum absolute atomic E-state index is 14.6. The molecule has 0 aliphatic carbocycles. The van der Waals surface area contributed by atoms with Gasteiger partial charge in [-0.1, -0.05) is 79.2 Å².